The van der Waals surface area contributed by atoms with Gasteiger partial charge in [-0.05, 0) is 13.0 Å². The second-order valence-corrected chi connectivity index (χ2v) is 3.81. The van der Waals surface area contributed by atoms with Crippen LogP contribution in [0.4, 0.5) is 0 Å². The molecule has 0 atom stereocenters. The number of halogens is 1. The van der Waals surface area contributed by atoms with Crippen molar-refractivity contribution < 1.29 is 9.59 Å². The largest absolute Gasteiger partial charge is 0.360 e. The Balaban J connectivity index is 2.71. The normalized spacial score (nSPS) is 10.6. The maximum absolute atomic E-state index is 11.5. The smallest absolute Gasteiger partial charge is 0.179 e. The Kier molecular flexibility index (Phi) is 2.79. The van der Waals surface area contributed by atoms with Crippen molar-refractivity contribution in [1.29, 1.82) is 0 Å². The lowest BCUT2D eigenvalue weighted by Gasteiger charge is -1.98. The number of hydrogen-bond acceptors (Lipinski definition) is 2. The van der Waals surface area contributed by atoms with Crippen molar-refractivity contribution >= 4 is 34.1 Å². The van der Waals surface area contributed by atoms with Crippen LogP contribution in [0.25, 0.3) is 10.9 Å². The molecule has 0 saturated heterocycles. The Hall–Kier alpha value is -1.61. The summed E-state index contributed by atoms with van der Waals surface area (Å²) in [6, 6.07) is 5.30. The zero-order valence-corrected chi connectivity index (χ0v) is 9.47. The van der Waals surface area contributed by atoms with E-state index in [1.165, 1.54) is 6.92 Å². The summed E-state index contributed by atoms with van der Waals surface area (Å²) < 4.78 is 0. The predicted molar refractivity (Wildman–Crippen MR) is 63.4 cm³/mol. The standard InChI is InChI=1S/C12H10ClNO2/c1-7(15)8-3-2-4-9-10(11(16)5-13)6-14-12(8)9/h2-4,6,14H,5H2,1H3. The minimum atomic E-state index is -0.145. The van der Waals surface area contributed by atoms with E-state index < -0.39 is 0 Å². The lowest BCUT2D eigenvalue weighted by atomic mass is 10.1. The number of alkyl halides is 1. The zero-order chi connectivity index (χ0) is 11.7. The molecular formula is C12H10ClNO2. The first-order chi connectivity index (χ1) is 7.65. The molecule has 1 aromatic heterocycles. The Bertz CT molecular complexity index is 571. The monoisotopic (exact) mass is 235 g/mol. The second kappa shape index (κ2) is 4.10. The van der Waals surface area contributed by atoms with Gasteiger partial charge in [0.05, 0.1) is 11.4 Å². The summed E-state index contributed by atoms with van der Waals surface area (Å²) in [7, 11) is 0. The lowest BCUT2D eigenvalue weighted by Crippen LogP contribution is -1.99. The van der Waals surface area contributed by atoms with Crippen LogP contribution in [-0.2, 0) is 0 Å². The number of H-pyrrole nitrogens is 1. The fraction of sp³-hybridized carbons (Fsp3) is 0.167. The van der Waals surface area contributed by atoms with E-state index in [1.54, 1.807) is 24.4 Å². The van der Waals surface area contributed by atoms with Gasteiger partial charge in [0.2, 0.25) is 0 Å². The van der Waals surface area contributed by atoms with Gasteiger partial charge in [-0.3, -0.25) is 9.59 Å². The molecule has 0 amide bonds. The van der Waals surface area contributed by atoms with Gasteiger partial charge in [0, 0.05) is 22.7 Å². The molecule has 0 aliphatic heterocycles. The summed E-state index contributed by atoms with van der Waals surface area (Å²) in [6.07, 6.45) is 1.60. The van der Waals surface area contributed by atoms with Crippen molar-refractivity contribution in [2.24, 2.45) is 0 Å². The molecule has 0 fully saturated rings. The summed E-state index contributed by atoms with van der Waals surface area (Å²) in [4.78, 5) is 25.9. The topological polar surface area (TPSA) is 49.9 Å². The van der Waals surface area contributed by atoms with Gasteiger partial charge < -0.3 is 4.98 Å². The third-order valence-electron chi connectivity index (χ3n) is 2.52. The molecule has 0 radical (unpaired) electrons. The number of carbonyl (C=O) groups excluding carboxylic acids is 2. The summed E-state index contributed by atoms with van der Waals surface area (Å²) in [6.45, 7) is 1.50. The molecule has 1 heterocycles. The van der Waals surface area contributed by atoms with Crippen LogP contribution >= 0.6 is 11.6 Å². The highest BCUT2D eigenvalue weighted by Gasteiger charge is 2.14. The highest BCUT2D eigenvalue weighted by atomic mass is 35.5. The van der Waals surface area contributed by atoms with Crippen LogP contribution in [0.5, 0.6) is 0 Å². The molecule has 82 valence electrons. The van der Waals surface area contributed by atoms with Crippen LogP contribution in [0.3, 0.4) is 0 Å². The SMILES string of the molecule is CC(=O)c1cccc2c(C(=O)CCl)c[nH]c12. The summed E-state index contributed by atoms with van der Waals surface area (Å²) in [5.41, 5.74) is 1.82. The minimum Gasteiger partial charge on any atom is -0.360 e. The molecule has 2 rings (SSSR count). The fourth-order valence-electron chi connectivity index (χ4n) is 1.75. The number of hydrogen-bond donors (Lipinski definition) is 1. The van der Waals surface area contributed by atoms with Gasteiger partial charge in [0.25, 0.3) is 0 Å². The maximum atomic E-state index is 11.5. The number of para-hydroxylation sites is 1. The van der Waals surface area contributed by atoms with Crippen LogP contribution in [0.15, 0.2) is 24.4 Å². The Morgan fingerprint density at radius 2 is 2.06 bits per heavy atom. The predicted octanol–water partition coefficient (Wildman–Crippen LogP) is 2.79. The molecule has 0 unspecified atom stereocenters. The van der Waals surface area contributed by atoms with E-state index in [0.717, 1.165) is 5.39 Å². The van der Waals surface area contributed by atoms with E-state index >= 15 is 0 Å². The Labute approximate surface area is 97.4 Å². The molecule has 0 spiro atoms. The highest BCUT2D eigenvalue weighted by Crippen LogP contribution is 2.22. The average Bonchev–Trinajstić information content (AvgIpc) is 2.71. The molecule has 0 aliphatic carbocycles. The van der Waals surface area contributed by atoms with Crippen LogP contribution in [0.2, 0.25) is 0 Å². The first kappa shape index (κ1) is 10.9. The third kappa shape index (κ3) is 1.63. The molecule has 4 heteroatoms. The number of ketones is 2. The molecule has 0 aliphatic rings. The number of carbonyl (C=O) groups is 2. The first-order valence-corrected chi connectivity index (χ1v) is 5.38. The van der Waals surface area contributed by atoms with E-state index in [9.17, 15) is 9.59 Å². The number of rotatable bonds is 3. The molecule has 16 heavy (non-hydrogen) atoms. The van der Waals surface area contributed by atoms with Crippen LogP contribution in [0, 0.1) is 0 Å². The molecule has 3 nitrogen and oxygen atoms in total. The maximum Gasteiger partial charge on any atom is 0.179 e. The number of aromatic nitrogens is 1. The molecular weight excluding hydrogens is 226 g/mol. The van der Waals surface area contributed by atoms with Crippen molar-refractivity contribution in [3.63, 3.8) is 0 Å². The van der Waals surface area contributed by atoms with Gasteiger partial charge in [-0.15, -0.1) is 11.6 Å². The summed E-state index contributed by atoms with van der Waals surface area (Å²) >= 11 is 5.52. The van der Waals surface area contributed by atoms with Gasteiger partial charge in [-0.1, -0.05) is 12.1 Å². The summed E-state index contributed by atoms with van der Waals surface area (Å²) in [5.74, 6) is -0.233. The summed E-state index contributed by atoms with van der Waals surface area (Å²) in [5, 5.41) is 0.748. The number of aromatic amines is 1. The van der Waals surface area contributed by atoms with Crippen molar-refractivity contribution in [3.05, 3.63) is 35.5 Å². The van der Waals surface area contributed by atoms with E-state index in [-0.39, 0.29) is 17.4 Å². The van der Waals surface area contributed by atoms with E-state index in [0.29, 0.717) is 16.6 Å². The highest BCUT2D eigenvalue weighted by molar-refractivity contribution is 6.32. The van der Waals surface area contributed by atoms with Gasteiger partial charge in [-0.2, -0.15) is 0 Å². The van der Waals surface area contributed by atoms with Crippen molar-refractivity contribution in [3.8, 4) is 0 Å². The number of fused-ring (bicyclic) bond motifs is 1. The minimum absolute atomic E-state index is 0.0303. The van der Waals surface area contributed by atoms with Crippen molar-refractivity contribution in [2.75, 3.05) is 5.88 Å². The first-order valence-electron chi connectivity index (χ1n) is 4.85. The molecule has 1 N–H and O–H groups in total. The van der Waals surface area contributed by atoms with Gasteiger partial charge >= 0.3 is 0 Å². The number of Topliss-reactive ketones (excluding diaryl/α,β-unsaturated/α-hetero) is 2. The van der Waals surface area contributed by atoms with Crippen LogP contribution < -0.4 is 0 Å². The average molecular weight is 236 g/mol. The lowest BCUT2D eigenvalue weighted by molar-refractivity contribution is 0.101. The van der Waals surface area contributed by atoms with Crippen LogP contribution in [-0.4, -0.2) is 22.4 Å². The van der Waals surface area contributed by atoms with Gasteiger partial charge in [0.1, 0.15) is 0 Å². The Morgan fingerprint density at radius 3 is 2.69 bits per heavy atom. The fourth-order valence-corrected chi connectivity index (χ4v) is 1.89. The molecule has 2 aromatic rings. The van der Waals surface area contributed by atoms with Gasteiger partial charge in [-0.25, -0.2) is 0 Å². The second-order valence-electron chi connectivity index (χ2n) is 3.54. The molecule has 0 saturated carbocycles. The third-order valence-corrected chi connectivity index (χ3v) is 2.76. The van der Waals surface area contributed by atoms with E-state index in [2.05, 4.69) is 4.98 Å². The Morgan fingerprint density at radius 1 is 1.31 bits per heavy atom. The van der Waals surface area contributed by atoms with Crippen molar-refractivity contribution in [1.82, 2.24) is 4.98 Å². The number of nitrogens with one attached hydrogen (secondary N) is 1. The zero-order valence-electron chi connectivity index (χ0n) is 8.71. The van der Waals surface area contributed by atoms with E-state index in [4.69, 9.17) is 11.6 Å². The van der Waals surface area contributed by atoms with Gasteiger partial charge in [0.15, 0.2) is 11.6 Å². The quantitative estimate of drug-likeness (QED) is 0.657. The van der Waals surface area contributed by atoms with E-state index in [1.807, 2.05) is 0 Å². The number of benzene rings is 1. The molecule has 1 aromatic carbocycles. The molecule has 0 bridgehead atoms. The van der Waals surface area contributed by atoms with Crippen LogP contribution in [0.1, 0.15) is 27.6 Å². The van der Waals surface area contributed by atoms with Crippen molar-refractivity contribution in [2.45, 2.75) is 6.92 Å².